The normalized spacial score (nSPS) is 32.0. The van der Waals surface area contributed by atoms with E-state index in [1.54, 1.807) is 25.4 Å². The van der Waals surface area contributed by atoms with Crippen LogP contribution < -0.4 is 10.1 Å². The third-order valence-corrected chi connectivity index (χ3v) is 5.25. The zero-order valence-electron chi connectivity index (χ0n) is 14.1. The Morgan fingerprint density at radius 2 is 1.88 bits per heavy atom. The van der Waals surface area contributed by atoms with Crippen LogP contribution in [-0.4, -0.2) is 49.5 Å². The van der Waals surface area contributed by atoms with Crippen LogP contribution in [0.3, 0.4) is 0 Å². The van der Waals surface area contributed by atoms with Crippen molar-refractivity contribution in [3.63, 3.8) is 0 Å². The number of amides is 2. The number of imide groups is 1. The summed E-state index contributed by atoms with van der Waals surface area (Å²) in [6.45, 7) is 1.66. The van der Waals surface area contributed by atoms with Gasteiger partial charge >= 0.3 is 5.97 Å². The van der Waals surface area contributed by atoms with E-state index in [1.165, 1.54) is 14.2 Å². The summed E-state index contributed by atoms with van der Waals surface area (Å²) in [4.78, 5) is 38.8. The minimum absolute atomic E-state index is 0.273. The second kappa shape index (κ2) is 5.59. The summed E-state index contributed by atoms with van der Waals surface area (Å²) in [5.74, 6) is -1.87. The van der Waals surface area contributed by atoms with Crippen molar-refractivity contribution in [1.29, 1.82) is 0 Å². The molecule has 1 aromatic carbocycles. The van der Waals surface area contributed by atoms with Gasteiger partial charge < -0.3 is 14.8 Å². The lowest BCUT2D eigenvalue weighted by Gasteiger charge is -2.24. The highest BCUT2D eigenvalue weighted by Crippen LogP contribution is 2.45. The summed E-state index contributed by atoms with van der Waals surface area (Å²) in [7, 11) is 4.30. The Hall–Kier alpha value is -2.41. The van der Waals surface area contributed by atoms with Crippen molar-refractivity contribution < 1.29 is 29.2 Å². The monoisotopic (exact) mass is 333 g/mol. The van der Waals surface area contributed by atoms with Gasteiger partial charge in [0.1, 0.15) is 23.6 Å². The Morgan fingerprint density at radius 1 is 1.21 bits per heavy atom. The third kappa shape index (κ3) is 2.04. The van der Waals surface area contributed by atoms with Crippen molar-refractivity contribution in [1.82, 2.24) is 4.90 Å². The van der Waals surface area contributed by atoms with E-state index in [0.29, 0.717) is 5.75 Å². The average Bonchev–Trinajstić information content (AvgIpc) is 3.04. The minimum Gasteiger partial charge on any atom is -0.496 e. The first-order valence-electron chi connectivity index (χ1n) is 7.75. The van der Waals surface area contributed by atoms with Crippen LogP contribution in [0.2, 0.25) is 0 Å². The summed E-state index contributed by atoms with van der Waals surface area (Å²) < 4.78 is 10.3. The molecule has 0 radical (unpaired) electrons. The second-order valence-electron chi connectivity index (χ2n) is 6.45. The van der Waals surface area contributed by atoms with Crippen LogP contribution in [0.15, 0.2) is 24.3 Å². The molecule has 2 heterocycles. The molecule has 0 aromatic heterocycles. The number of ether oxygens (including phenoxy) is 2. The number of nitrogens with two attached hydrogens (primary N) is 1. The Morgan fingerprint density at radius 3 is 2.50 bits per heavy atom. The van der Waals surface area contributed by atoms with E-state index >= 15 is 0 Å². The number of para-hydroxylation sites is 1. The quantitative estimate of drug-likeness (QED) is 0.594. The predicted molar refractivity (Wildman–Crippen MR) is 82.8 cm³/mol. The molecule has 2 amide bonds. The molecule has 1 aromatic rings. The van der Waals surface area contributed by atoms with Crippen LogP contribution in [0.25, 0.3) is 0 Å². The van der Waals surface area contributed by atoms with Crippen LogP contribution >= 0.6 is 0 Å². The highest BCUT2D eigenvalue weighted by Gasteiger charge is 2.70. The fourth-order valence-electron chi connectivity index (χ4n) is 4.05. The van der Waals surface area contributed by atoms with Gasteiger partial charge in [-0.05, 0) is 12.1 Å². The van der Waals surface area contributed by atoms with Gasteiger partial charge in [-0.15, -0.1) is 0 Å². The molecule has 0 spiro atoms. The number of carbonyl (C=O) groups excluding carboxylic acids is 3. The molecular formula is C17H21N2O5+. The number of nitrogens with zero attached hydrogens (tertiary/aromatic N) is 1. The molecule has 2 saturated heterocycles. The van der Waals surface area contributed by atoms with Gasteiger partial charge in [0.2, 0.25) is 17.4 Å². The molecule has 2 N–H and O–H groups in total. The molecule has 2 aliphatic heterocycles. The number of fused-ring (bicyclic) bond motifs is 1. The molecule has 0 saturated carbocycles. The first kappa shape index (κ1) is 16.4. The van der Waals surface area contributed by atoms with E-state index < -0.39 is 29.4 Å². The number of hydrogen-bond donors (Lipinski definition) is 1. The highest BCUT2D eigenvalue weighted by atomic mass is 16.5. The number of likely N-dealkylation sites (tertiary alicyclic amines) is 1. The first-order chi connectivity index (χ1) is 11.4. The first-order valence-corrected chi connectivity index (χ1v) is 7.75. The third-order valence-electron chi connectivity index (χ3n) is 5.25. The van der Waals surface area contributed by atoms with Crippen LogP contribution in [0.5, 0.6) is 5.75 Å². The van der Waals surface area contributed by atoms with Gasteiger partial charge in [0.25, 0.3) is 0 Å². The fraction of sp³-hybridized carbons (Fsp3) is 0.471. The van der Waals surface area contributed by atoms with Crippen molar-refractivity contribution in [3.8, 4) is 5.75 Å². The molecule has 0 aliphatic carbocycles. The van der Waals surface area contributed by atoms with E-state index in [1.807, 2.05) is 18.2 Å². The number of carbonyl (C=O) groups is 3. The van der Waals surface area contributed by atoms with Gasteiger partial charge in [0, 0.05) is 14.0 Å². The van der Waals surface area contributed by atoms with E-state index in [9.17, 15) is 14.4 Å². The molecule has 2 aliphatic rings. The molecule has 128 valence electrons. The van der Waals surface area contributed by atoms with Gasteiger partial charge in [-0.25, -0.2) is 4.79 Å². The number of methoxy groups -OCH3 is 2. The van der Waals surface area contributed by atoms with Crippen molar-refractivity contribution in [2.45, 2.75) is 18.5 Å². The Labute approximate surface area is 139 Å². The molecule has 24 heavy (non-hydrogen) atoms. The molecule has 7 heteroatoms. The van der Waals surface area contributed by atoms with Crippen molar-refractivity contribution in [2.24, 2.45) is 11.8 Å². The minimum atomic E-state index is -1.15. The molecule has 7 nitrogen and oxygen atoms in total. The lowest BCUT2D eigenvalue weighted by molar-refractivity contribution is -0.731. The molecule has 3 rings (SSSR count). The van der Waals surface area contributed by atoms with E-state index in [2.05, 4.69) is 0 Å². The number of hydrogen-bond acceptors (Lipinski definition) is 5. The summed E-state index contributed by atoms with van der Waals surface area (Å²) in [6, 6.07) is 6.95. The Balaban J connectivity index is 2.14. The van der Waals surface area contributed by atoms with E-state index in [4.69, 9.17) is 9.47 Å². The summed E-state index contributed by atoms with van der Waals surface area (Å²) in [6.07, 6.45) is 0. The summed E-state index contributed by atoms with van der Waals surface area (Å²) >= 11 is 0. The summed E-state index contributed by atoms with van der Waals surface area (Å²) in [5, 5.41) is 1.77. The van der Waals surface area contributed by atoms with Crippen molar-refractivity contribution in [2.75, 3.05) is 21.3 Å². The molecule has 2 fully saturated rings. The highest BCUT2D eigenvalue weighted by molar-refractivity contribution is 6.08. The fourth-order valence-corrected chi connectivity index (χ4v) is 4.05. The molecule has 0 unspecified atom stereocenters. The predicted octanol–water partition coefficient (Wildman–Crippen LogP) is -0.524. The van der Waals surface area contributed by atoms with E-state index in [0.717, 1.165) is 10.5 Å². The maximum Gasteiger partial charge on any atom is 0.368 e. The SMILES string of the molecule is COC(=O)[C@]1(C)[NH2+][C@@H](c2ccccc2OC)[C@H]2C(=O)N(C)C(=O)[C@@H]21. The van der Waals surface area contributed by atoms with Crippen molar-refractivity contribution >= 4 is 17.8 Å². The summed E-state index contributed by atoms with van der Waals surface area (Å²) in [5.41, 5.74) is -0.360. The van der Waals surface area contributed by atoms with Crippen LogP contribution in [0, 0.1) is 11.8 Å². The number of rotatable bonds is 3. The number of quaternary nitrogens is 1. The topological polar surface area (TPSA) is 89.5 Å². The molecule has 4 atom stereocenters. The maximum atomic E-state index is 12.7. The molecule has 0 bridgehead atoms. The zero-order valence-corrected chi connectivity index (χ0v) is 14.1. The zero-order chi connectivity index (χ0) is 17.6. The smallest absolute Gasteiger partial charge is 0.368 e. The van der Waals surface area contributed by atoms with Gasteiger partial charge in [-0.2, -0.15) is 0 Å². The number of esters is 1. The number of benzene rings is 1. The lowest BCUT2D eigenvalue weighted by atomic mass is 9.80. The standard InChI is InChI=1S/C17H20N2O5/c1-17(16(22)24-4)12-11(14(20)19(2)15(12)21)13(18-17)9-7-5-6-8-10(9)23-3/h5-8,11-13,18H,1-4H3/p+1/t11-,12+,13-,17+/m0/s1. The van der Waals surface area contributed by atoms with Gasteiger partial charge in [-0.1, -0.05) is 12.1 Å². The van der Waals surface area contributed by atoms with Gasteiger partial charge in [0.15, 0.2) is 0 Å². The largest absolute Gasteiger partial charge is 0.496 e. The maximum absolute atomic E-state index is 12.7. The second-order valence-corrected chi connectivity index (χ2v) is 6.45. The average molecular weight is 333 g/mol. The Kier molecular flexibility index (Phi) is 3.83. The van der Waals surface area contributed by atoms with Gasteiger partial charge in [0.05, 0.1) is 19.8 Å². The Bertz CT molecular complexity index is 719. The van der Waals surface area contributed by atoms with Crippen LogP contribution in [-0.2, 0) is 19.1 Å². The van der Waals surface area contributed by atoms with E-state index in [-0.39, 0.29) is 11.8 Å². The van der Waals surface area contributed by atoms with Crippen molar-refractivity contribution in [3.05, 3.63) is 29.8 Å². The lowest BCUT2D eigenvalue weighted by Crippen LogP contribution is -2.97. The van der Waals surface area contributed by atoms with Gasteiger partial charge in [-0.3, -0.25) is 14.5 Å². The molecular weight excluding hydrogens is 312 g/mol. The van der Waals surface area contributed by atoms with Crippen LogP contribution in [0.4, 0.5) is 0 Å². The van der Waals surface area contributed by atoms with Crippen LogP contribution in [0.1, 0.15) is 18.5 Å².